The summed E-state index contributed by atoms with van der Waals surface area (Å²) in [5.74, 6) is 0.573. The molecule has 0 N–H and O–H groups in total. The van der Waals surface area contributed by atoms with E-state index in [0.717, 1.165) is 67.1 Å². The zero-order valence-corrected chi connectivity index (χ0v) is 30.0. The summed E-state index contributed by atoms with van der Waals surface area (Å²) in [6.07, 6.45) is 0. The minimum absolute atomic E-state index is 0.573. The summed E-state index contributed by atoms with van der Waals surface area (Å²) in [7, 11) is 0. The highest BCUT2D eigenvalue weighted by Crippen LogP contribution is 2.48. The van der Waals surface area contributed by atoms with Crippen molar-refractivity contribution in [3.63, 3.8) is 0 Å². The van der Waals surface area contributed by atoms with Crippen LogP contribution < -0.4 is 9.80 Å². The van der Waals surface area contributed by atoms with Gasteiger partial charge in [0.1, 0.15) is 5.52 Å². The molecule has 4 heteroatoms. The lowest BCUT2D eigenvalue weighted by atomic mass is 10.0. The standard InChI is InChI=1S/C51H35N3O/c1-5-16-36(17-6-1)38-28-31-44(32-29-38)53(42-23-9-3-10-24-42)47-35-41-22-15-27-46(48(41)50-49(47)52-51(55-50)39-19-7-2-8-20-39)54(43-25-11-4-12-26-43)45-33-30-37-18-13-14-21-40(37)34-45/h1-35H. The average molecular weight is 706 g/mol. The first-order valence-electron chi connectivity index (χ1n) is 18.5. The lowest BCUT2D eigenvalue weighted by Crippen LogP contribution is -2.12. The second-order valence-electron chi connectivity index (χ2n) is 13.6. The molecule has 0 radical (unpaired) electrons. The van der Waals surface area contributed by atoms with Crippen LogP contribution >= 0.6 is 0 Å². The Labute approximate surface area is 319 Å². The molecule has 1 heterocycles. The van der Waals surface area contributed by atoms with Crippen LogP contribution in [0.5, 0.6) is 0 Å². The first-order valence-corrected chi connectivity index (χ1v) is 18.5. The summed E-state index contributed by atoms with van der Waals surface area (Å²) in [5.41, 5.74) is 10.9. The number of aromatic nitrogens is 1. The Morgan fingerprint density at radius 1 is 0.345 bits per heavy atom. The zero-order chi connectivity index (χ0) is 36.6. The average Bonchev–Trinajstić information content (AvgIpc) is 3.72. The van der Waals surface area contributed by atoms with Crippen molar-refractivity contribution < 1.29 is 4.42 Å². The van der Waals surface area contributed by atoms with Crippen molar-refractivity contribution in [3.8, 4) is 22.6 Å². The van der Waals surface area contributed by atoms with E-state index in [2.05, 4.69) is 198 Å². The zero-order valence-electron chi connectivity index (χ0n) is 30.0. The van der Waals surface area contributed by atoms with Crippen molar-refractivity contribution in [3.05, 3.63) is 212 Å². The van der Waals surface area contributed by atoms with Crippen LogP contribution in [0, 0.1) is 0 Å². The maximum Gasteiger partial charge on any atom is 0.227 e. The topological polar surface area (TPSA) is 32.5 Å². The number of anilines is 6. The molecule has 0 unspecified atom stereocenters. The van der Waals surface area contributed by atoms with Crippen molar-refractivity contribution >= 4 is 66.8 Å². The largest absolute Gasteiger partial charge is 0.435 e. The molecule has 0 aliphatic rings. The number of oxazole rings is 1. The van der Waals surface area contributed by atoms with Crippen LogP contribution in [-0.2, 0) is 0 Å². The quantitative estimate of drug-likeness (QED) is 0.158. The Morgan fingerprint density at radius 2 is 0.855 bits per heavy atom. The van der Waals surface area contributed by atoms with E-state index in [9.17, 15) is 0 Å². The Kier molecular flexibility index (Phi) is 8.12. The van der Waals surface area contributed by atoms with E-state index in [4.69, 9.17) is 9.40 Å². The molecule has 0 atom stereocenters. The summed E-state index contributed by atoms with van der Waals surface area (Å²) in [6.45, 7) is 0. The molecule has 10 aromatic rings. The van der Waals surface area contributed by atoms with Crippen molar-refractivity contribution in [1.29, 1.82) is 0 Å². The molecule has 0 aliphatic heterocycles. The Hall–Kier alpha value is -7.43. The first-order chi connectivity index (χ1) is 27.3. The SMILES string of the molecule is c1ccc(-c2ccc(N(c3ccccc3)c3cc4cccc(N(c5ccccc5)c5ccc6ccccc6c5)c4c4oc(-c5ccccc5)nc34)cc2)cc1. The van der Waals surface area contributed by atoms with Gasteiger partial charge in [0.15, 0.2) is 5.58 Å². The summed E-state index contributed by atoms with van der Waals surface area (Å²) in [5, 5.41) is 4.40. The predicted molar refractivity (Wildman–Crippen MR) is 229 cm³/mol. The predicted octanol–water partition coefficient (Wildman–Crippen LogP) is 14.4. The van der Waals surface area contributed by atoms with Crippen LogP contribution in [0.3, 0.4) is 0 Å². The molecule has 9 aromatic carbocycles. The van der Waals surface area contributed by atoms with E-state index in [-0.39, 0.29) is 0 Å². The second-order valence-corrected chi connectivity index (χ2v) is 13.6. The van der Waals surface area contributed by atoms with Gasteiger partial charge in [-0.15, -0.1) is 0 Å². The molecule has 0 bridgehead atoms. The van der Waals surface area contributed by atoms with E-state index in [1.807, 2.05) is 24.3 Å². The van der Waals surface area contributed by atoms with Gasteiger partial charge in [-0.2, -0.15) is 0 Å². The number of para-hydroxylation sites is 2. The highest BCUT2D eigenvalue weighted by atomic mass is 16.3. The molecule has 260 valence electrons. The normalized spacial score (nSPS) is 11.3. The Morgan fingerprint density at radius 3 is 1.53 bits per heavy atom. The van der Waals surface area contributed by atoms with Gasteiger partial charge in [-0.25, -0.2) is 4.98 Å². The molecule has 1 aromatic heterocycles. The van der Waals surface area contributed by atoms with Crippen LogP contribution in [0.2, 0.25) is 0 Å². The van der Waals surface area contributed by atoms with E-state index in [0.29, 0.717) is 5.89 Å². The Bertz CT molecular complexity index is 2910. The molecule has 0 spiro atoms. The van der Waals surface area contributed by atoms with Crippen LogP contribution in [0.4, 0.5) is 34.1 Å². The fraction of sp³-hybridized carbons (Fsp3) is 0. The fourth-order valence-electron chi connectivity index (χ4n) is 7.62. The van der Waals surface area contributed by atoms with Gasteiger partial charge in [0.25, 0.3) is 0 Å². The lowest BCUT2D eigenvalue weighted by molar-refractivity contribution is 0.623. The number of benzene rings is 9. The van der Waals surface area contributed by atoms with Crippen LogP contribution in [-0.4, -0.2) is 4.98 Å². The number of fused-ring (bicyclic) bond motifs is 4. The number of hydrogen-bond acceptors (Lipinski definition) is 4. The number of rotatable bonds is 8. The van der Waals surface area contributed by atoms with E-state index in [1.54, 1.807) is 0 Å². The molecule has 4 nitrogen and oxygen atoms in total. The smallest absolute Gasteiger partial charge is 0.227 e. The lowest BCUT2D eigenvalue weighted by Gasteiger charge is -2.28. The minimum Gasteiger partial charge on any atom is -0.435 e. The van der Waals surface area contributed by atoms with Gasteiger partial charge < -0.3 is 14.2 Å². The van der Waals surface area contributed by atoms with Crippen molar-refractivity contribution in [2.24, 2.45) is 0 Å². The molecule has 0 fully saturated rings. The molecular formula is C51H35N3O. The molecule has 0 saturated heterocycles. The third kappa shape index (κ3) is 5.96. The minimum atomic E-state index is 0.573. The summed E-state index contributed by atoms with van der Waals surface area (Å²) in [4.78, 5) is 9.95. The molecule has 0 amide bonds. The van der Waals surface area contributed by atoms with Crippen LogP contribution in [0.25, 0.3) is 55.2 Å². The number of nitrogens with zero attached hydrogens (tertiary/aromatic N) is 3. The van der Waals surface area contributed by atoms with E-state index in [1.165, 1.54) is 16.3 Å². The van der Waals surface area contributed by atoms with Gasteiger partial charge >= 0.3 is 0 Å². The van der Waals surface area contributed by atoms with Gasteiger partial charge in [-0.3, -0.25) is 0 Å². The van der Waals surface area contributed by atoms with Crippen molar-refractivity contribution in [1.82, 2.24) is 4.98 Å². The second kappa shape index (κ2) is 13.8. The highest BCUT2D eigenvalue weighted by Gasteiger charge is 2.25. The Balaban J connectivity index is 1.24. The molecule has 10 rings (SSSR count). The van der Waals surface area contributed by atoms with Crippen LogP contribution in [0.15, 0.2) is 217 Å². The van der Waals surface area contributed by atoms with E-state index < -0.39 is 0 Å². The summed E-state index contributed by atoms with van der Waals surface area (Å²) in [6, 6.07) is 74.4. The fourth-order valence-corrected chi connectivity index (χ4v) is 7.62. The molecule has 0 saturated carbocycles. The van der Waals surface area contributed by atoms with Gasteiger partial charge in [-0.05, 0) is 100 Å². The van der Waals surface area contributed by atoms with E-state index >= 15 is 0 Å². The summed E-state index contributed by atoms with van der Waals surface area (Å²) < 4.78 is 6.98. The number of hydrogen-bond donors (Lipinski definition) is 0. The van der Waals surface area contributed by atoms with Gasteiger partial charge in [-0.1, -0.05) is 140 Å². The van der Waals surface area contributed by atoms with Crippen molar-refractivity contribution in [2.45, 2.75) is 0 Å². The van der Waals surface area contributed by atoms with Gasteiger partial charge in [0, 0.05) is 28.3 Å². The first kappa shape index (κ1) is 32.2. The monoisotopic (exact) mass is 705 g/mol. The molecular weight excluding hydrogens is 671 g/mol. The maximum absolute atomic E-state index is 6.98. The maximum atomic E-state index is 6.98. The third-order valence-corrected chi connectivity index (χ3v) is 10.2. The molecule has 0 aliphatic carbocycles. The van der Waals surface area contributed by atoms with Gasteiger partial charge in [0.2, 0.25) is 5.89 Å². The third-order valence-electron chi connectivity index (χ3n) is 10.2. The molecule has 55 heavy (non-hydrogen) atoms. The highest BCUT2D eigenvalue weighted by molar-refractivity contribution is 6.17. The van der Waals surface area contributed by atoms with Crippen molar-refractivity contribution in [2.75, 3.05) is 9.80 Å². The van der Waals surface area contributed by atoms with Gasteiger partial charge in [0.05, 0.1) is 16.8 Å². The summed E-state index contributed by atoms with van der Waals surface area (Å²) >= 11 is 0. The van der Waals surface area contributed by atoms with Crippen LogP contribution in [0.1, 0.15) is 0 Å².